The van der Waals surface area contributed by atoms with Gasteiger partial charge >= 0.3 is 0 Å². The van der Waals surface area contributed by atoms with Gasteiger partial charge in [0.2, 0.25) is 0 Å². The summed E-state index contributed by atoms with van der Waals surface area (Å²) < 4.78 is 0. The minimum Gasteiger partial charge on any atom is -0.396 e. The zero-order chi connectivity index (χ0) is 11.3. The molecule has 0 aromatic carbocycles. The van der Waals surface area contributed by atoms with E-state index >= 15 is 0 Å². The molecule has 0 spiro atoms. The Hall–Kier alpha value is -0.810. The van der Waals surface area contributed by atoms with Crippen LogP contribution >= 0.6 is 11.8 Å². The molecular weight excluding hydrogens is 210 g/mol. The Morgan fingerprint density at radius 2 is 2.20 bits per heavy atom. The summed E-state index contributed by atoms with van der Waals surface area (Å²) >= 11 is 1.58. The summed E-state index contributed by atoms with van der Waals surface area (Å²) in [4.78, 5) is 8.22. The highest BCUT2D eigenvalue weighted by atomic mass is 32.2. The molecule has 84 valence electrons. The standard InChI is InChI=1S/C10H17N3OS/c1-7(5-14)8(2)13-9-4-10(15-3)12-6-11-9/h4,6-8,14H,5H2,1-3H3,(H,11,12,13). The van der Waals surface area contributed by atoms with Gasteiger partial charge in [0.15, 0.2) is 0 Å². The first-order valence-corrected chi connectivity index (χ1v) is 6.13. The average Bonchev–Trinajstić information content (AvgIpc) is 2.28. The largest absolute Gasteiger partial charge is 0.396 e. The zero-order valence-corrected chi connectivity index (χ0v) is 10.1. The third kappa shape index (κ3) is 3.68. The van der Waals surface area contributed by atoms with Crippen LogP contribution in [-0.4, -0.2) is 34.0 Å². The number of aliphatic hydroxyl groups excluding tert-OH is 1. The van der Waals surface area contributed by atoms with Crippen LogP contribution in [0.2, 0.25) is 0 Å². The van der Waals surface area contributed by atoms with Gasteiger partial charge in [0, 0.05) is 18.7 Å². The summed E-state index contributed by atoms with van der Waals surface area (Å²) in [7, 11) is 0. The number of hydrogen-bond acceptors (Lipinski definition) is 5. The second kappa shape index (κ2) is 5.92. The first kappa shape index (κ1) is 12.3. The third-order valence-corrected chi connectivity index (χ3v) is 3.01. The van der Waals surface area contributed by atoms with Crippen LogP contribution in [0.15, 0.2) is 17.4 Å². The van der Waals surface area contributed by atoms with Crippen molar-refractivity contribution in [3.05, 3.63) is 12.4 Å². The molecule has 1 heterocycles. The average molecular weight is 227 g/mol. The van der Waals surface area contributed by atoms with Gasteiger partial charge in [-0.2, -0.15) is 0 Å². The molecule has 0 bridgehead atoms. The second-order valence-corrected chi connectivity index (χ2v) is 4.37. The van der Waals surface area contributed by atoms with E-state index in [1.165, 1.54) is 0 Å². The molecule has 1 aromatic rings. The number of nitrogens with zero attached hydrogens (tertiary/aromatic N) is 2. The Morgan fingerprint density at radius 1 is 1.47 bits per heavy atom. The van der Waals surface area contributed by atoms with Gasteiger partial charge in [-0.3, -0.25) is 0 Å². The third-order valence-electron chi connectivity index (χ3n) is 2.37. The van der Waals surface area contributed by atoms with E-state index in [0.29, 0.717) is 0 Å². The number of nitrogens with one attached hydrogen (secondary N) is 1. The fourth-order valence-electron chi connectivity index (χ4n) is 1.06. The Morgan fingerprint density at radius 3 is 2.80 bits per heavy atom. The summed E-state index contributed by atoms with van der Waals surface area (Å²) in [6.45, 7) is 4.20. The van der Waals surface area contributed by atoms with Gasteiger partial charge in [0.05, 0.1) is 0 Å². The van der Waals surface area contributed by atoms with Crippen LogP contribution in [0.1, 0.15) is 13.8 Å². The Balaban J connectivity index is 2.63. The van der Waals surface area contributed by atoms with Crippen LogP contribution < -0.4 is 5.32 Å². The van der Waals surface area contributed by atoms with E-state index in [2.05, 4.69) is 15.3 Å². The minimum atomic E-state index is 0.175. The van der Waals surface area contributed by atoms with E-state index in [1.807, 2.05) is 26.2 Å². The highest BCUT2D eigenvalue weighted by molar-refractivity contribution is 7.98. The predicted molar refractivity (Wildman–Crippen MR) is 63.1 cm³/mol. The minimum absolute atomic E-state index is 0.175. The van der Waals surface area contributed by atoms with Crippen LogP contribution in [0.3, 0.4) is 0 Å². The molecule has 0 aliphatic heterocycles. The number of anilines is 1. The van der Waals surface area contributed by atoms with Gasteiger partial charge in [-0.15, -0.1) is 11.8 Å². The molecule has 0 saturated heterocycles. The summed E-state index contributed by atoms with van der Waals surface area (Å²) in [5, 5.41) is 13.2. The molecule has 5 heteroatoms. The molecule has 0 aliphatic carbocycles. The summed E-state index contributed by atoms with van der Waals surface area (Å²) in [6, 6.07) is 2.10. The van der Waals surface area contributed by atoms with Crippen LogP contribution in [0, 0.1) is 5.92 Å². The Labute approximate surface area is 94.5 Å². The van der Waals surface area contributed by atoms with Crippen LogP contribution in [0.25, 0.3) is 0 Å². The maximum Gasteiger partial charge on any atom is 0.130 e. The smallest absolute Gasteiger partial charge is 0.130 e. The SMILES string of the molecule is CSc1cc(NC(C)C(C)CO)ncn1. The van der Waals surface area contributed by atoms with Gasteiger partial charge in [0.25, 0.3) is 0 Å². The van der Waals surface area contributed by atoms with Crippen molar-refractivity contribution in [3.63, 3.8) is 0 Å². The fraction of sp³-hybridized carbons (Fsp3) is 0.600. The maximum absolute atomic E-state index is 9.01. The summed E-state index contributed by atoms with van der Waals surface area (Å²) in [5.74, 6) is 1.01. The van der Waals surface area contributed by atoms with Gasteiger partial charge in [-0.25, -0.2) is 9.97 Å². The summed E-state index contributed by atoms with van der Waals surface area (Å²) in [5.41, 5.74) is 0. The van der Waals surface area contributed by atoms with Crippen molar-refractivity contribution >= 4 is 17.6 Å². The summed E-state index contributed by atoms with van der Waals surface area (Å²) in [6.07, 6.45) is 3.52. The van der Waals surface area contributed by atoms with Gasteiger partial charge in [-0.05, 0) is 19.1 Å². The predicted octanol–water partition coefficient (Wildman–Crippen LogP) is 1.63. The first-order chi connectivity index (χ1) is 7.17. The highest BCUT2D eigenvalue weighted by Gasteiger charge is 2.11. The monoisotopic (exact) mass is 227 g/mol. The molecular formula is C10H17N3OS. The lowest BCUT2D eigenvalue weighted by Gasteiger charge is -2.19. The molecule has 0 aliphatic rings. The molecule has 2 atom stereocenters. The Kier molecular flexibility index (Phi) is 4.84. The lowest BCUT2D eigenvalue weighted by molar-refractivity contribution is 0.226. The van der Waals surface area contributed by atoms with Crippen LogP contribution in [0.5, 0.6) is 0 Å². The van der Waals surface area contributed by atoms with Crippen molar-refractivity contribution in [2.24, 2.45) is 5.92 Å². The molecule has 0 fully saturated rings. The molecule has 1 aromatic heterocycles. The number of aliphatic hydroxyl groups is 1. The molecule has 15 heavy (non-hydrogen) atoms. The first-order valence-electron chi connectivity index (χ1n) is 4.90. The molecule has 0 radical (unpaired) electrons. The maximum atomic E-state index is 9.01. The molecule has 0 saturated carbocycles. The topological polar surface area (TPSA) is 58.0 Å². The van der Waals surface area contributed by atoms with Crippen molar-refractivity contribution in [3.8, 4) is 0 Å². The van der Waals surface area contributed by atoms with E-state index < -0.39 is 0 Å². The number of hydrogen-bond donors (Lipinski definition) is 2. The van der Waals surface area contributed by atoms with Crippen molar-refractivity contribution in [2.75, 3.05) is 18.2 Å². The van der Waals surface area contributed by atoms with E-state index in [-0.39, 0.29) is 18.6 Å². The Bertz CT molecular complexity index is 308. The molecule has 1 rings (SSSR count). The number of rotatable bonds is 5. The number of thioether (sulfide) groups is 1. The van der Waals surface area contributed by atoms with Gasteiger partial charge < -0.3 is 10.4 Å². The zero-order valence-electron chi connectivity index (χ0n) is 9.27. The van der Waals surface area contributed by atoms with E-state index in [9.17, 15) is 0 Å². The molecule has 2 unspecified atom stereocenters. The molecule has 0 amide bonds. The van der Waals surface area contributed by atoms with Gasteiger partial charge in [0.1, 0.15) is 17.2 Å². The highest BCUT2D eigenvalue weighted by Crippen LogP contribution is 2.15. The van der Waals surface area contributed by atoms with Crippen LogP contribution in [0.4, 0.5) is 5.82 Å². The van der Waals surface area contributed by atoms with Crippen molar-refractivity contribution in [1.82, 2.24) is 9.97 Å². The van der Waals surface area contributed by atoms with E-state index in [0.717, 1.165) is 10.8 Å². The molecule has 2 N–H and O–H groups in total. The molecule has 4 nitrogen and oxygen atoms in total. The number of aromatic nitrogens is 2. The van der Waals surface area contributed by atoms with Crippen LogP contribution in [-0.2, 0) is 0 Å². The van der Waals surface area contributed by atoms with Crippen molar-refractivity contribution in [1.29, 1.82) is 0 Å². The van der Waals surface area contributed by atoms with Crippen molar-refractivity contribution in [2.45, 2.75) is 24.9 Å². The lowest BCUT2D eigenvalue weighted by atomic mass is 10.1. The van der Waals surface area contributed by atoms with E-state index in [4.69, 9.17) is 5.11 Å². The van der Waals surface area contributed by atoms with Gasteiger partial charge in [-0.1, -0.05) is 6.92 Å². The normalized spacial score (nSPS) is 14.7. The lowest BCUT2D eigenvalue weighted by Crippen LogP contribution is -2.26. The van der Waals surface area contributed by atoms with Crippen molar-refractivity contribution < 1.29 is 5.11 Å². The fourth-order valence-corrected chi connectivity index (χ4v) is 1.45. The van der Waals surface area contributed by atoms with E-state index in [1.54, 1.807) is 18.1 Å². The quantitative estimate of drug-likeness (QED) is 0.591. The second-order valence-electron chi connectivity index (χ2n) is 3.54.